The van der Waals surface area contributed by atoms with Crippen LogP contribution in [0.25, 0.3) is 0 Å². The van der Waals surface area contributed by atoms with Gasteiger partial charge < -0.3 is 14.8 Å². The van der Waals surface area contributed by atoms with Crippen molar-refractivity contribution in [3.8, 4) is 11.5 Å². The van der Waals surface area contributed by atoms with Crippen LogP contribution >= 0.6 is 23.1 Å². The summed E-state index contributed by atoms with van der Waals surface area (Å²) in [6, 6.07) is 14.1. The summed E-state index contributed by atoms with van der Waals surface area (Å²) in [7, 11) is 1.55. The SMILES string of the molecule is CCCCOc1ccc(C(=O)Nc2nnc(SCC(=O)Nc3ccccc3OC)s2)cc1. The van der Waals surface area contributed by atoms with Crippen LogP contribution in [0.1, 0.15) is 30.1 Å². The maximum Gasteiger partial charge on any atom is 0.257 e. The van der Waals surface area contributed by atoms with Crippen molar-refractivity contribution < 1.29 is 19.1 Å². The highest BCUT2D eigenvalue weighted by molar-refractivity contribution is 8.01. The van der Waals surface area contributed by atoms with Crippen LogP contribution in [0.4, 0.5) is 10.8 Å². The maximum atomic E-state index is 12.4. The Labute approximate surface area is 194 Å². The Kier molecular flexibility index (Phi) is 8.88. The van der Waals surface area contributed by atoms with E-state index >= 15 is 0 Å². The molecule has 0 aliphatic heterocycles. The minimum Gasteiger partial charge on any atom is -0.495 e. The van der Waals surface area contributed by atoms with E-state index in [0.717, 1.165) is 18.6 Å². The van der Waals surface area contributed by atoms with Crippen LogP contribution in [0.3, 0.4) is 0 Å². The largest absolute Gasteiger partial charge is 0.495 e. The lowest BCUT2D eigenvalue weighted by Crippen LogP contribution is -2.14. The van der Waals surface area contributed by atoms with E-state index in [1.807, 2.05) is 12.1 Å². The van der Waals surface area contributed by atoms with Crippen molar-refractivity contribution in [1.29, 1.82) is 0 Å². The molecule has 2 amide bonds. The molecule has 0 saturated heterocycles. The Morgan fingerprint density at radius 2 is 1.84 bits per heavy atom. The molecule has 8 nitrogen and oxygen atoms in total. The van der Waals surface area contributed by atoms with E-state index in [9.17, 15) is 9.59 Å². The fourth-order valence-corrected chi connectivity index (χ4v) is 4.13. The van der Waals surface area contributed by atoms with Gasteiger partial charge in [0.15, 0.2) is 4.34 Å². The first-order valence-corrected chi connectivity index (χ1v) is 11.8. The second-order valence-electron chi connectivity index (χ2n) is 6.59. The first kappa shape index (κ1) is 23.6. The molecule has 3 rings (SSSR count). The highest BCUT2D eigenvalue weighted by Gasteiger charge is 2.13. The summed E-state index contributed by atoms with van der Waals surface area (Å²) in [5.41, 5.74) is 1.10. The minimum atomic E-state index is -0.285. The van der Waals surface area contributed by atoms with E-state index in [-0.39, 0.29) is 17.6 Å². The van der Waals surface area contributed by atoms with Gasteiger partial charge in [-0.3, -0.25) is 14.9 Å². The van der Waals surface area contributed by atoms with Crippen molar-refractivity contribution in [3.63, 3.8) is 0 Å². The molecule has 0 aliphatic carbocycles. The van der Waals surface area contributed by atoms with Crippen LogP contribution < -0.4 is 20.1 Å². The summed E-state index contributed by atoms with van der Waals surface area (Å²) in [4.78, 5) is 24.7. The smallest absolute Gasteiger partial charge is 0.257 e. The average molecular weight is 473 g/mol. The number of hydrogen-bond acceptors (Lipinski definition) is 8. The molecule has 168 valence electrons. The second kappa shape index (κ2) is 12.1. The molecule has 1 heterocycles. The summed E-state index contributed by atoms with van der Waals surface area (Å²) >= 11 is 2.45. The Hall–Kier alpha value is -3.11. The number of aromatic nitrogens is 2. The number of anilines is 2. The molecular formula is C22H24N4O4S2. The number of carbonyl (C=O) groups is 2. The monoisotopic (exact) mass is 472 g/mol. The number of benzene rings is 2. The van der Waals surface area contributed by atoms with Gasteiger partial charge in [-0.2, -0.15) is 0 Å². The van der Waals surface area contributed by atoms with Gasteiger partial charge in [0, 0.05) is 5.56 Å². The number of amides is 2. The third-order valence-electron chi connectivity index (χ3n) is 4.22. The molecule has 0 aliphatic rings. The zero-order valence-corrected chi connectivity index (χ0v) is 19.4. The highest BCUT2D eigenvalue weighted by Crippen LogP contribution is 2.27. The number of carbonyl (C=O) groups excluding carboxylic acids is 2. The Morgan fingerprint density at radius 3 is 2.59 bits per heavy atom. The van der Waals surface area contributed by atoms with E-state index in [0.29, 0.717) is 33.1 Å². The number of para-hydroxylation sites is 2. The molecule has 32 heavy (non-hydrogen) atoms. The Balaban J connectivity index is 1.48. The first-order valence-electron chi connectivity index (χ1n) is 10.0. The van der Waals surface area contributed by atoms with Gasteiger partial charge >= 0.3 is 0 Å². The second-order valence-corrected chi connectivity index (χ2v) is 8.79. The van der Waals surface area contributed by atoms with Gasteiger partial charge in [-0.05, 0) is 42.8 Å². The topological polar surface area (TPSA) is 102 Å². The molecule has 0 atom stereocenters. The molecule has 1 aromatic heterocycles. The number of unbranched alkanes of at least 4 members (excludes halogenated alkanes) is 1. The summed E-state index contributed by atoms with van der Waals surface area (Å²) in [5, 5.41) is 13.9. The standard InChI is InChI=1S/C22H24N4O4S2/c1-3-4-13-30-16-11-9-15(10-12-16)20(28)24-21-25-26-22(32-21)31-14-19(27)23-17-7-5-6-8-18(17)29-2/h5-12H,3-4,13-14H2,1-2H3,(H,23,27)(H,24,25,28). The molecule has 10 heteroatoms. The fourth-order valence-electron chi connectivity index (χ4n) is 2.59. The molecule has 0 radical (unpaired) electrons. The Bertz CT molecular complexity index is 1040. The quantitative estimate of drug-likeness (QED) is 0.237. The van der Waals surface area contributed by atoms with E-state index in [1.54, 1.807) is 43.5 Å². The zero-order valence-electron chi connectivity index (χ0n) is 17.8. The summed E-state index contributed by atoms with van der Waals surface area (Å²) in [6.45, 7) is 2.76. The lowest BCUT2D eigenvalue weighted by Gasteiger charge is -2.08. The average Bonchev–Trinajstić information content (AvgIpc) is 3.26. The fraction of sp³-hybridized carbons (Fsp3) is 0.273. The van der Waals surface area contributed by atoms with Crippen molar-refractivity contribution in [2.24, 2.45) is 0 Å². The lowest BCUT2D eigenvalue weighted by molar-refractivity contribution is -0.113. The highest BCUT2D eigenvalue weighted by atomic mass is 32.2. The van der Waals surface area contributed by atoms with Gasteiger partial charge in [-0.1, -0.05) is 48.6 Å². The lowest BCUT2D eigenvalue weighted by atomic mass is 10.2. The normalized spacial score (nSPS) is 10.4. The van der Waals surface area contributed by atoms with Crippen LogP contribution in [-0.4, -0.2) is 41.5 Å². The molecule has 0 saturated carbocycles. The van der Waals surface area contributed by atoms with Gasteiger partial charge in [0.25, 0.3) is 5.91 Å². The van der Waals surface area contributed by atoms with Crippen molar-refractivity contribution in [2.75, 3.05) is 30.1 Å². The molecular weight excluding hydrogens is 448 g/mol. The van der Waals surface area contributed by atoms with Gasteiger partial charge in [0.05, 0.1) is 25.2 Å². The predicted octanol–water partition coefficient (Wildman–Crippen LogP) is 4.71. The van der Waals surface area contributed by atoms with Crippen LogP contribution in [0.5, 0.6) is 11.5 Å². The molecule has 0 bridgehead atoms. The zero-order chi connectivity index (χ0) is 22.8. The summed E-state index contributed by atoms with van der Waals surface area (Å²) < 4.78 is 11.4. The molecule has 0 unspecified atom stereocenters. The number of nitrogens with zero attached hydrogens (tertiary/aromatic N) is 2. The number of rotatable bonds is 11. The molecule has 2 N–H and O–H groups in total. The van der Waals surface area contributed by atoms with E-state index < -0.39 is 0 Å². The molecule has 2 aromatic carbocycles. The van der Waals surface area contributed by atoms with Crippen molar-refractivity contribution in [1.82, 2.24) is 10.2 Å². The van der Waals surface area contributed by atoms with Crippen molar-refractivity contribution in [3.05, 3.63) is 54.1 Å². The summed E-state index contributed by atoms with van der Waals surface area (Å²) in [6.07, 6.45) is 2.05. The maximum absolute atomic E-state index is 12.4. The van der Waals surface area contributed by atoms with Crippen molar-refractivity contribution in [2.45, 2.75) is 24.1 Å². The molecule has 0 fully saturated rings. The van der Waals surface area contributed by atoms with Crippen molar-refractivity contribution >= 4 is 45.7 Å². The number of methoxy groups -OCH3 is 1. The Morgan fingerprint density at radius 1 is 1.06 bits per heavy atom. The summed E-state index contributed by atoms with van der Waals surface area (Å²) in [5.74, 6) is 0.997. The van der Waals surface area contributed by atoms with Gasteiger partial charge in [0.1, 0.15) is 11.5 Å². The van der Waals surface area contributed by atoms with E-state index in [2.05, 4.69) is 27.8 Å². The minimum absolute atomic E-state index is 0.153. The van der Waals surface area contributed by atoms with E-state index in [1.165, 1.54) is 23.1 Å². The van der Waals surface area contributed by atoms with Gasteiger partial charge in [-0.25, -0.2) is 0 Å². The predicted molar refractivity (Wildman–Crippen MR) is 127 cm³/mol. The van der Waals surface area contributed by atoms with E-state index in [4.69, 9.17) is 9.47 Å². The van der Waals surface area contributed by atoms with Gasteiger partial charge in [-0.15, -0.1) is 10.2 Å². The first-order chi connectivity index (χ1) is 15.6. The number of hydrogen-bond donors (Lipinski definition) is 2. The third-order valence-corrected chi connectivity index (χ3v) is 6.19. The van der Waals surface area contributed by atoms with Crippen LogP contribution in [0.15, 0.2) is 52.9 Å². The van der Waals surface area contributed by atoms with Crippen LogP contribution in [0.2, 0.25) is 0 Å². The molecule has 3 aromatic rings. The van der Waals surface area contributed by atoms with Crippen LogP contribution in [0, 0.1) is 0 Å². The third kappa shape index (κ3) is 6.96. The van der Waals surface area contributed by atoms with Gasteiger partial charge in [0.2, 0.25) is 11.0 Å². The number of ether oxygens (including phenoxy) is 2. The number of nitrogens with one attached hydrogen (secondary N) is 2. The number of thioether (sulfide) groups is 1. The van der Waals surface area contributed by atoms with Crippen LogP contribution in [-0.2, 0) is 4.79 Å². The molecule has 0 spiro atoms.